The monoisotopic (exact) mass is 457 g/mol. The van der Waals surface area contributed by atoms with Crippen molar-refractivity contribution in [2.24, 2.45) is 0 Å². The number of aromatic nitrogens is 2. The second kappa shape index (κ2) is 9.99. The standard InChI is InChI=1S/C21H23N5O3S2/c1-29-16-6-4-14(5-7-16)23-20(28)21-25-24-18(31-21)13-26-10-8-15(9-11-26)22-19(27)17-3-2-12-30-17/h2-7,12,15H,8-11,13H2,1H3,(H,22,27)(H,23,28). The lowest BCUT2D eigenvalue weighted by molar-refractivity contribution is 0.0912. The Morgan fingerprint density at radius 2 is 1.90 bits per heavy atom. The van der Waals surface area contributed by atoms with Crippen molar-refractivity contribution in [2.75, 3.05) is 25.5 Å². The summed E-state index contributed by atoms with van der Waals surface area (Å²) in [6.07, 6.45) is 1.78. The number of ether oxygens (including phenoxy) is 1. The van der Waals surface area contributed by atoms with E-state index >= 15 is 0 Å². The topological polar surface area (TPSA) is 96.4 Å². The average Bonchev–Trinajstić information content (AvgIpc) is 3.48. The van der Waals surface area contributed by atoms with E-state index in [4.69, 9.17) is 4.74 Å². The molecule has 2 N–H and O–H groups in total. The van der Waals surface area contributed by atoms with Crippen LogP contribution in [0.15, 0.2) is 41.8 Å². The number of carbonyl (C=O) groups excluding carboxylic acids is 2. The zero-order valence-electron chi connectivity index (χ0n) is 17.0. The third-order valence-electron chi connectivity index (χ3n) is 5.04. The molecule has 1 aliphatic rings. The molecule has 1 aromatic carbocycles. The van der Waals surface area contributed by atoms with Crippen LogP contribution in [0.4, 0.5) is 5.69 Å². The van der Waals surface area contributed by atoms with Gasteiger partial charge in [0.1, 0.15) is 10.8 Å². The van der Waals surface area contributed by atoms with Crippen LogP contribution < -0.4 is 15.4 Å². The lowest BCUT2D eigenvalue weighted by Gasteiger charge is -2.31. The number of rotatable bonds is 7. The maximum Gasteiger partial charge on any atom is 0.286 e. The molecule has 2 aromatic heterocycles. The minimum atomic E-state index is -0.274. The van der Waals surface area contributed by atoms with Gasteiger partial charge in [-0.25, -0.2) is 0 Å². The summed E-state index contributed by atoms with van der Waals surface area (Å²) in [5, 5.41) is 17.2. The summed E-state index contributed by atoms with van der Waals surface area (Å²) in [5.41, 5.74) is 0.675. The van der Waals surface area contributed by atoms with Gasteiger partial charge in [-0.1, -0.05) is 17.4 Å². The molecule has 0 atom stereocenters. The summed E-state index contributed by atoms with van der Waals surface area (Å²) in [7, 11) is 1.60. The van der Waals surface area contributed by atoms with Crippen molar-refractivity contribution in [3.63, 3.8) is 0 Å². The van der Waals surface area contributed by atoms with Crippen LogP contribution >= 0.6 is 22.7 Å². The summed E-state index contributed by atoms with van der Waals surface area (Å²) in [4.78, 5) is 27.7. The van der Waals surface area contributed by atoms with E-state index < -0.39 is 0 Å². The quantitative estimate of drug-likeness (QED) is 0.565. The van der Waals surface area contributed by atoms with Crippen molar-refractivity contribution in [2.45, 2.75) is 25.4 Å². The first-order valence-corrected chi connectivity index (χ1v) is 11.6. The van der Waals surface area contributed by atoms with Crippen LogP contribution in [0.25, 0.3) is 0 Å². The SMILES string of the molecule is COc1ccc(NC(=O)c2nnc(CN3CCC(NC(=O)c4cccs4)CC3)s2)cc1. The maximum atomic E-state index is 12.4. The van der Waals surface area contributed by atoms with Gasteiger partial charge in [0.15, 0.2) is 0 Å². The van der Waals surface area contributed by atoms with Crippen molar-refractivity contribution in [3.8, 4) is 5.75 Å². The molecule has 0 bridgehead atoms. The highest BCUT2D eigenvalue weighted by Gasteiger charge is 2.23. The van der Waals surface area contributed by atoms with E-state index in [0.717, 1.165) is 41.6 Å². The Balaban J connectivity index is 1.24. The number of hydrogen-bond donors (Lipinski definition) is 2. The fraction of sp³-hybridized carbons (Fsp3) is 0.333. The van der Waals surface area contributed by atoms with E-state index in [1.165, 1.54) is 22.7 Å². The lowest BCUT2D eigenvalue weighted by atomic mass is 10.1. The van der Waals surface area contributed by atoms with Crippen LogP contribution in [-0.4, -0.2) is 53.2 Å². The number of benzene rings is 1. The van der Waals surface area contributed by atoms with Crippen LogP contribution in [0, 0.1) is 0 Å². The van der Waals surface area contributed by atoms with Crippen molar-refractivity contribution in [1.82, 2.24) is 20.4 Å². The number of amides is 2. The first-order chi connectivity index (χ1) is 15.1. The molecule has 10 heteroatoms. The van der Waals surface area contributed by atoms with E-state index in [1.807, 2.05) is 17.5 Å². The smallest absolute Gasteiger partial charge is 0.286 e. The van der Waals surface area contributed by atoms with Crippen LogP contribution in [0.2, 0.25) is 0 Å². The molecule has 0 radical (unpaired) electrons. The maximum absolute atomic E-state index is 12.4. The highest BCUT2D eigenvalue weighted by Crippen LogP contribution is 2.20. The molecule has 162 valence electrons. The number of hydrogen-bond acceptors (Lipinski definition) is 8. The summed E-state index contributed by atoms with van der Waals surface area (Å²) >= 11 is 2.76. The van der Waals surface area contributed by atoms with Gasteiger partial charge in [-0.3, -0.25) is 14.5 Å². The van der Waals surface area contributed by atoms with Gasteiger partial charge in [0.05, 0.1) is 18.5 Å². The molecule has 1 fully saturated rings. The molecule has 8 nitrogen and oxygen atoms in total. The van der Waals surface area contributed by atoms with Gasteiger partial charge in [-0.15, -0.1) is 21.5 Å². The molecule has 3 aromatic rings. The van der Waals surface area contributed by atoms with Gasteiger partial charge < -0.3 is 15.4 Å². The average molecular weight is 458 g/mol. The number of carbonyl (C=O) groups is 2. The number of methoxy groups -OCH3 is 1. The minimum absolute atomic E-state index is 0.00471. The molecule has 0 spiro atoms. The molecule has 3 heterocycles. The van der Waals surface area contributed by atoms with E-state index in [-0.39, 0.29) is 17.9 Å². The zero-order valence-corrected chi connectivity index (χ0v) is 18.7. The van der Waals surface area contributed by atoms with Crippen molar-refractivity contribution in [1.29, 1.82) is 0 Å². The largest absolute Gasteiger partial charge is 0.497 e. The Bertz CT molecular complexity index is 1010. The third-order valence-corrected chi connectivity index (χ3v) is 6.81. The van der Waals surface area contributed by atoms with Crippen LogP contribution in [0.3, 0.4) is 0 Å². The Labute approximate surface area is 188 Å². The molecule has 1 saturated heterocycles. The van der Waals surface area contributed by atoms with Gasteiger partial charge in [0, 0.05) is 24.8 Å². The van der Waals surface area contributed by atoms with Gasteiger partial charge >= 0.3 is 0 Å². The Hall–Kier alpha value is -2.82. The molecule has 0 saturated carbocycles. The van der Waals surface area contributed by atoms with E-state index in [0.29, 0.717) is 17.2 Å². The summed E-state index contributed by atoms with van der Waals surface area (Å²) < 4.78 is 5.12. The molecule has 0 aliphatic carbocycles. The Morgan fingerprint density at radius 3 is 2.58 bits per heavy atom. The van der Waals surface area contributed by atoms with Crippen molar-refractivity contribution in [3.05, 3.63) is 56.7 Å². The summed E-state index contributed by atoms with van der Waals surface area (Å²) in [5.74, 6) is 0.458. The molecule has 1 aliphatic heterocycles. The molecule has 0 unspecified atom stereocenters. The number of anilines is 1. The zero-order chi connectivity index (χ0) is 21.6. The van der Waals surface area contributed by atoms with Gasteiger partial charge in [-0.2, -0.15) is 0 Å². The molecular formula is C21H23N5O3S2. The van der Waals surface area contributed by atoms with Gasteiger partial charge in [-0.05, 0) is 48.6 Å². The van der Waals surface area contributed by atoms with E-state index in [2.05, 4.69) is 25.7 Å². The van der Waals surface area contributed by atoms with E-state index in [9.17, 15) is 9.59 Å². The summed E-state index contributed by atoms with van der Waals surface area (Å²) in [6, 6.07) is 11.0. The number of nitrogens with one attached hydrogen (secondary N) is 2. The normalized spacial score (nSPS) is 14.9. The first kappa shape index (κ1) is 21.4. The number of nitrogens with zero attached hydrogens (tertiary/aromatic N) is 3. The highest BCUT2D eigenvalue weighted by atomic mass is 32.1. The van der Waals surface area contributed by atoms with Crippen molar-refractivity contribution >= 4 is 40.2 Å². The number of piperidine rings is 1. The van der Waals surface area contributed by atoms with Crippen LogP contribution in [0.5, 0.6) is 5.75 Å². The van der Waals surface area contributed by atoms with Gasteiger partial charge in [0.2, 0.25) is 5.01 Å². The van der Waals surface area contributed by atoms with Gasteiger partial charge in [0.25, 0.3) is 11.8 Å². The second-order valence-electron chi connectivity index (χ2n) is 7.18. The first-order valence-electron chi connectivity index (χ1n) is 9.95. The Morgan fingerprint density at radius 1 is 1.13 bits per heavy atom. The van der Waals surface area contributed by atoms with Crippen molar-refractivity contribution < 1.29 is 14.3 Å². The fourth-order valence-corrected chi connectivity index (χ4v) is 4.76. The number of thiophene rings is 1. The fourth-order valence-electron chi connectivity index (χ4n) is 3.36. The summed E-state index contributed by atoms with van der Waals surface area (Å²) in [6.45, 7) is 2.38. The highest BCUT2D eigenvalue weighted by molar-refractivity contribution is 7.13. The lowest BCUT2D eigenvalue weighted by Crippen LogP contribution is -2.44. The predicted octanol–water partition coefficient (Wildman–Crippen LogP) is 3.25. The third kappa shape index (κ3) is 5.66. The van der Waals surface area contributed by atoms with E-state index in [1.54, 1.807) is 31.4 Å². The molecular weight excluding hydrogens is 434 g/mol. The van der Waals surface area contributed by atoms with Crippen LogP contribution in [-0.2, 0) is 6.54 Å². The van der Waals surface area contributed by atoms with Crippen LogP contribution in [0.1, 0.15) is 37.3 Å². The molecule has 31 heavy (non-hydrogen) atoms. The minimum Gasteiger partial charge on any atom is -0.497 e. The Kier molecular flexibility index (Phi) is 6.90. The number of likely N-dealkylation sites (tertiary alicyclic amines) is 1. The molecule has 2 amide bonds. The predicted molar refractivity (Wildman–Crippen MR) is 121 cm³/mol. The second-order valence-corrected chi connectivity index (χ2v) is 9.19. The molecule has 4 rings (SSSR count).